The van der Waals surface area contributed by atoms with E-state index in [9.17, 15) is 32.8 Å². The highest BCUT2D eigenvalue weighted by Crippen LogP contribution is 2.50. The predicted molar refractivity (Wildman–Crippen MR) is 122 cm³/mol. The lowest BCUT2D eigenvalue weighted by Gasteiger charge is -2.41. The molecule has 0 aliphatic carbocycles. The molecule has 3 aliphatic heterocycles. The van der Waals surface area contributed by atoms with Crippen LogP contribution in [0.4, 0.5) is 13.2 Å². The first-order chi connectivity index (χ1) is 17.0. The third-order valence-electron chi connectivity index (χ3n) is 6.74. The lowest BCUT2D eigenvalue weighted by molar-refractivity contribution is -0.0661. The fraction of sp³-hybridized carbons (Fsp3) is 0.391. The molecule has 2 bridgehead atoms. The van der Waals surface area contributed by atoms with Crippen LogP contribution in [0.5, 0.6) is 0 Å². The van der Waals surface area contributed by atoms with E-state index in [4.69, 9.17) is 4.84 Å². The summed E-state index contributed by atoms with van der Waals surface area (Å²) in [6, 6.07) is 1.20. The monoisotopic (exact) mass is 522 g/mol. The average Bonchev–Trinajstić information content (AvgIpc) is 3.15. The van der Waals surface area contributed by atoms with Gasteiger partial charge >= 0.3 is 0 Å². The summed E-state index contributed by atoms with van der Waals surface area (Å²) in [5, 5.41) is 15.0. The summed E-state index contributed by atoms with van der Waals surface area (Å²) in [4.78, 5) is 45.7. The first-order valence-electron chi connectivity index (χ1n) is 11.1. The topological polar surface area (TPSA) is 104 Å². The van der Waals surface area contributed by atoms with Crippen LogP contribution in [0.3, 0.4) is 0 Å². The van der Waals surface area contributed by atoms with Crippen LogP contribution in [-0.4, -0.2) is 54.1 Å². The number of rotatable bonds is 3. The van der Waals surface area contributed by atoms with Crippen molar-refractivity contribution in [1.29, 1.82) is 0 Å². The SMILES string of the molecule is CC1=NOC2(CCC(C)N3CC2n2cc(C(=O)N(O)Cc4c(F)cc(F)cc4F)c(=O)cc2C3=O)S1. The second-order valence-electron chi connectivity index (χ2n) is 9.03. The van der Waals surface area contributed by atoms with Crippen molar-refractivity contribution in [3.63, 3.8) is 0 Å². The Bertz CT molecular complexity index is 1360. The van der Waals surface area contributed by atoms with E-state index in [2.05, 4.69) is 5.16 Å². The smallest absolute Gasteiger partial charge is 0.283 e. The summed E-state index contributed by atoms with van der Waals surface area (Å²) < 4.78 is 42.8. The fourth-order valence-corrected chi connectivity index (χ4v) is 6.04. The molecule has 3 aliphatic rings. The number of hydrogen-bond donors (Lipinski definition) is 1. The number of halogens is 3. The van der Waals surface area contributed by atoms with Gasteiger partial charge in [0.05, 0.1) is 6.54 Å². The minimum absolute atomic E-state index is 0.0287. The number of thioether (sulfide) groups is 1. The van der Waals surface area contributed by atoms with Gasteiger partial charge in [0.1, 0.15) is 39.8 Å². The van der Waals surface area contributed by atoms with Gasteiger partial charge in [0.25, 0.3) is 11.8 Å². The molecule has 5 rings (SSSR count). The van der Waals surface area contributed by atoms with Crippen molar-refractivity contribution in [3.8, 4) is 0 Å². The Morgan fingerprint density at radius 2 is 1.97 bits per heavy atom. The molecule has 1 saturated heterocycles. The molecule has 2 amide bonds. The minimum atomic E-state index is -1.30. The van der Waals surface area contributed by atoms with Crippen molar-refractivity contribution in [3.05, 3.63) is 68.9 Å². The Morgan fingerprint density at radius 3 is 2.61 bits per heavy atom. The lowest BCUT2D eigenvalue weighted by atomic mass is 10.0. The van der Waals surface area contributed by atoms with Gasteiger partial charge in [-0.3, -0.25) is 19.6 Å². The zero-order valence-electron chi connectivity index (χ0n) is 19.2. The second kappa shape index (κ2) is 8.66. The van der Waals surface area contributed by atoms with Gasteiger partial charge in [-0.2, -0.15) is 0 Å². The number of fused-ring (bicyclic) bond motifs is 5. The molecule has 0 radical (unpaired) electrons. The van der Waals surface area contributed by atoms with Gasteiger partial charge in [-0.05, 0) is 20.3 Å². The number of hydroxylamine groups is 2. The van der Waals surface area contributed by atoms with E-state index in [1.807, 2.05) is 6.92 Å². The quantitative estimate of drug-likeness (QED) is 0.490. The van der Waals surface area contributed by atoms with Crippen molar-refractivity contribution in [2.45, 2.75) is 50.3 Å². The molecule has 1 aromatic heterocycles. The summed E-state index contributed by atoms with van der Waals surface area (Å²) in [7, 11) is 0. The Kier molecular flexibility index (Phi) is 5.86. The van der Waals surface area contributed by atoms with Crippen molar-refractivity contribution in [2.75, 3.05) is 6.54 Å². The third kappa shape index (κ3) is 3.86. The number of amides is 2. The van der Waals surface area contributed by atoms with Gasteiger partial charge < -0.3 is 14.3 Å². The number of benzene rings is 1. The van der Waals surface area contributed by atoms with Gasteiger partial charge in [-0.15, -0.1) is 0 Å². The van der Waals surface area contributed by atoms with Crippen molar-refractivity contribution in [2.24, 2.45) is 5.16 Å². The van der Waals surface area contributed by atoms with Crippen LogP contribution in [0, 0.1) is 17.5 Å². The Labute approximate surface area is 207 Å². The van der Waals surface area contributed by atoms with Gasteiger partial charge in [-0.25, -0.2) is 18.2 Å². The van der Waals surface area contributed by atoms with E-state index in [1.165, 1.54) is 16.3 Å². The first-order valence-corrected chi connectivity index (χ1v) is 12.0. The van der Waals surface area contributed by atoms with Crippen LogP contribution in [-0.2, 0) is 11.4 Å². The van der Waals surface area contributed by atoms with Crippen LogP contribution < -0.4 is 5.43 Å². The van der Waals surface area contributed by atoms with Crippen molar-refractivity contribution < 1.29 is 32.8 Å². The summed E-state index contributed by atoms with van der Waals surface area (Å²) in [6.45, 7) is 2.97. The highest BCUT2D eigenvalue weighted by atomic mass is 32.2. The summed E-state index contributed by atoms with van der Waals surface area (Å²) in [6.07, 6.45) is 2.33. The molecule has 190 valence electrons. The molecular weight excluding hydrogens is 501 g/mol. The normalized spacial score (nSPS) is 24.8. The first kappa shape index (κ1) is 24.4. The van der Waals surface area contributed by atoms with Crippen LogP contribution in [0.1, 0.15) is 59.1 Å². The molecule has 0 saturated carbocycles. The Hall–Kier alpha value is -3.32. The maximum Gasteiger partial charge on any atom is 0.283 e. The number of oxime groups is 1. The molecule has 1 fully saturated rings. The molecule has 4 heterocycles. The van der Waals surface area contributed by atoms with Crippen LogP contribution >= 0.6 is 11.8 Å². The molecule has 3 unspecified atom stereocenters. The lowest BCUT2D eigenvalue weighted by Crippen LogP contribution is -2.51. The number of aromatic nitrogens is 1. The Balaban J connectivity index is 1.54. The standard InChI is InChI=1S/C23H21F3N4O5S/c1-11-3-4-23(35-27-12(2)36-23)20-10-28(11)22(33)18-7-19(31)15(8-29(18)20)21(32)30(34)9-14-16(25)5-13(24)6-17(14)26/h5-8,11,20,34H,3-4,9-10H2,1-2H3. The van der Waals surface area contributed by atoms with E-state index in [1.54, 1.807) is 11.8 Å². The largest absolute Gasteiger partial charge is 0.375 e. The average molecular weight is 523 g/mol. The molecule has 1 aromatic carbocycles. The van der Waals surface area contributed by atoms with E-state index in [0.29, 0.717) is 30.0 Å². The Morgan fingerprint density at radius 1 is 1.28 bits per heavy atom. The number of carbonyl (C=O) groups excluding carboxylic acids is 2. The zero-order chi connectivity index (χ0) is 25.9. The van der Waals surface area contributed by atoms with E-state index < -0.39 is 57.4 Å². The van der Waals surface area contributed by atoms with Gasteiger partial charge in [0.15, 0.2) is 5.43 Å². The number of pyridine rings is 1. The van der Waals surface area contributed by atoms with Crippen LogP contribution in [0.15, 0.2) is 34.3 Å². The van der Waals surface area contributed by atoms with Crippen molar-refractivity contribution in [1.82, 2.24) is 14.5 Å². The molecular formula is C23H21F3N4O5S. The van der Waals surface area contributed by atoms with E-state index in [0.717, 1.165) is 12.3 Å². The number of hydrogen-bond acceptors (Lipinski definition) is 7. The molecule has 1 spiro atoms. The van der Waals surface area contributed by atoms with Crippen LogP contribution in [0.2, 0.25) is 0 Å². The van der Waals surface area contributed by atoms with Gasteiger partial charge in [0.2, 0.25) is 4.93 Å². The molecule has 36 heavy (non-hydrogen) atoms. The molecule has 9 nitrogen and oxygen atoms in total. The molecule has 1 N–H and O–H groups in total. The fourth-order valence-electron chi connectivity index (χ4n) is 4.85. The minimum Gasteiger partial charge on any atom is -0.375 e. The second-order valence-corrected chi connectivity index (χ2v) is 10.5. The molecule has 2 aromatic rings. The third-order valence-corrected chi connectivity index (χ3v) is 8.01. The van der Waals surface area contributed by atoms with Crippen molar-refractivity contribution >= 4 is 28.6 Å². The summed E-state index contributed by atoms with van der Waals surface area (Å²) >= 11 is 1.40. The zero-order valence-corrected chi connectivity index (χ0v) is 20.0. The van der Waals surface area contributed by atoms with Crippen LogP contribution in [0.25, 0.3) is 0 Å². The highest BCUT2D eigenvalue weighted by Gasteiger charge is 2.54. The number of carbonyl (C=O) groups is 2. The maximum atomic E-state index is 14.0. The van der Waals surface area contributed by atoms with Gasteiger partial charge in [0, 0.05) is 49.0 Å². The van der Waals surface area contributed by atoms with E-state index >= 15 is 0 Å². The molecule has 3 atom stereocenters. The molecule has 13 heteroatoms. The summed E-state index contributed by atoms with van der Waals surface area (Å²) in [5.74, 6) is -5.38. The predicted octanol–water partition coefficient (Wildman–Crippen LogP) is 3.27. The van der Waals surface area contributed by atoms with Gasteiger partial charge in [-0.1, -0.05) is 16.9 Å². The number of nitrogens with zero attached hydrogens (tertiary/aromatic N) is 4. The highest BCUT2D eigenvalue weighted by molar-refractivity contribution is 8.15. The maximum absolute atomic E-state index is 14.0. The summed E-state index contributed by atoms with van der Waals surface area (Å²) in [5.41, 5.74) is -2.07. The van der Waals surface area contributed by atoms with E-state index in [-0.39, 0.29) is 29.3 Å².